The molecule has 0 aliphatic rings. The lowest BCUT2D eigenvalue weighted by molar-refractivity contribution is 0.348. The van der Waals surface area contributed by atoms with E-state index in [-0.39, 0.29) is 0 Å². The summed E-state index contributed by atoms with van der Waals surface area (Å²) in [6.45, 7) is 4.36. The Morgan fingerprint density at radius 3 is 2.77 bits per heavy atom. The Morgan fingerprint density at radius 2 is 2.31 bits per heavy atom. The van der Waals surface area contributed by atoms with Crippen molar-refractivity contribution in [2.75, 3.05) is 5.73 Å². The average Bonchev–Trinajstić information content (AvgIpc) is 2.54. The number of nitrogens with zero attached hydrogens (tertiary/aromatic N) is 1. The first-order valence-corrected chi connectivity index (χ1v) is 5.00. The third-order valence-corrected chi connectivity index (χ3v) is 2.35. The normalized spacial score (nSPS) is 13.1. The Kier molecular flexibility index (Phi) is 3.80. The number of anilines is 1. The van der Waals surface area contributed by atoms with Crippen LogP contribution in [0.4, 0.5) is 5.82 Å². The van der Waals surface area contributed by atoms with Gasteiger partial charge in [0.25, 0.3) is 0 Å². The third kappa shape index (κ3) is 2.76. The van der Waals surface area contributed by atoms with Gasteiger partial charge in [0.15, 0.2) is 5.82 Å². The van der Waals surface area contributed by atoms with Crippen molar-refractivity contribution >= 4 is 5.82 Å². The lowest BCUT2D eigenvalue weighted by Crippen LogP contribution is -1.95. The Hall–Kier alpha value is -0.990. The van der Waals surface area contributed by atoms with E-state index in [0.717, 1.165) is 12.2 Å². The van der Waals surface area contributed by atoms with Crippen molar-refractivity contribution in [2.45, 2.75) is 45.4 Å². The highest BCUT2D eigenvalue weighted by Crippen LogP contribution is 2.26. The summed E-state index contributed by atoms with van der Waals surface area (Å²) in [6.07, 6.45) is 4.72. The average molecular weight is 182 g/mol. The van der Waals surface area contributed by atoms with Crippen LogP contribution in [-0.4, -0.2) is 5.16 Å². The topological polar surface area (TPSA) is 52.0 Å². The molecule has 0 bridgehead atoms. The van der Waals surface area contributed by atoms with Gasteiger partial charge in [-0.05, 0) is 12.8 Å². The maximum atomic E-state index is 5.49. The third-order valence-electron chi connectivity index (χ3n) is 2.35. The van der Waals surface area contributed by atoms with Crippen LogP contribution in [0.2, 0.25) is 0 Å². The Balaban J connectivity index is 2.56. The van der Waals surface area contributed by atoms with Crippen LogP contribution in [0.5, 0.6) is 0 Å². The zero-order valence-corrected chi connectivity index (χ0v) is 8.42. The second kappa shape index (κ2) is 4.90. The van der Waals surface area contributed by atoms with Gasteiger partial charge < -0.3 is 10.3 Å². The van der Waals surface area contributed by atoms with E-state index in [9.17, 15) is 0 Å². The molecular weight excluding hydrogens is 164 g/mol. The zero-order valence-electron chi connectivity index (χ0n) is 8.42. The highest BCUT2D eigenvalue weighted by molar-refractivity contribution is 5.27. The van der Waals surface area contributed by atoms with Crippen molar-refractivity contribution in [3.05, 3.63) is 11.8 Å². The molecular formula is C10H18N2O. The van der Waals surface area contributed by atoms with Gasteiger partial charge in [0.05, 0.1) is 0 Å². The zero-order chi connectivity index (χ0) is 9.68. The number of unbranched alkanes of at least 4 members (excludes halogenated alkanes) is 1. The fourth-order valence-corrected chi connectivity index (χ4v) is 1.49. The summed E-state index contributed by atoms with van der Waals surface area (Å²) in [5, 5.41) is 3.70. The molecule has 0 fully saturated rings. The number of nitrogens with two attached hydrogens (primary N) is 1. The van der Waals surface area contributed by atoms with Gasteiger partial charge in [0, 0.05) is 12.0 Å². The highest BCUT2D eigenvalue weighted by Gasteiger charge is 2.13. The predicted octanol–water partition coefficient (Wildman–Crippen LogP) is 2.94. The summed E-state index contributed by atoms with van der Waals surface area (Å²) in [5.74, 6) is 1.92. The molecule has 0 saturated heterocycles. The fraction of sp³-hybridized carbons (Fsp3) is 0.700. The van der Waals surface area contributed by atoms with E-state index in [1.807, 2.05) is 6.07 Å². The molecule has 3 heteroatoms. The minimum Gasteiger partial charge on any atom is -0.381 e. The number of aromatic nitrogens is 1. The van der Waals surface area contributed by atoms with Crippen LogP contribution in [-0.2, 0) is 0 Å². The Bertz CT molecular complexity index is 245. The van der Waals surface area contributed by atoms with E-state index >= 15 is 0 Å². The maximum absolute atomic E-state index is 5.49. The van der Waals surface area contributed by atoms with Gasteiger partial charge in [-0.2, -0.15) is 0 Å². The standard InChI is InChI=1S/C10H18N2O/c1-3-5-6-8(4-2)9-7-10(11)12-13-9/h7-8H,3-6H2,1-2H3,(H2,11,12). The van der Waals surface area contributed by atoms with Crippen molar-refractivity contribution < 1.29 is 4.52 Å². The van der Waals surface area contributed by atoms with Crippen LogP contribution in [0, 0.1) is 0 Å². The minimum absolute atomic E-state index is 0.491. The molecule has 1 atom stereocenters. The minimum atomic E-state index is 0.491. The van der Waals surface area contributed by atoms with Gasteiger partial charge >= 0.3 is 0 Å². The van der Waals surface area contributed by atoms with E-state index in [1.165, 1.54) is 19.3 Å². The van der Waals surface area contributed by atoms with Crippen LogP contribution < -0.4 is 5.73 Å². The van der Waals surface area contributed by atoms with Gasteiger partial charge in [-0.15, -0.1) is 0 Å². The fourth-order valence-electron chi connectivity index (χ4n) is 1.49. The first-order valence-electron chi connectivity index (χ1n) is 5.00. The molecule has 2 N–H and O–H groups in total. The summed E-state index contributed by atoms with van der Waals surface area (Å²) >= 11 is 0. The molecule has 13 heavy (non-hydrogen) atoms. The summed E-state index contributed by atoms with van der Waals surface area (Å²) in [5.41, 5.74) is 5.49. The number of nitrogen functional groups attached to an aromatic ring is 1. The molecule has 1 heterocycles. The molecule has 1 unspecified atom stereocenters. The predicted molar refractivity (Wildman–Crippen MR) is 53.5 cm³/mol. The first-order chi connectivity index (χ1) is 6.27. The molecule has 1 aromatic rings. The molecule has 1 rings (SSSR count). The molecule has 0 aromatic carbocycles. The summed E-state index contributed by atoms with van der Waals surface area (Å²) in [7, 11) is 0. The molecule has 0 saturated carbocycles. The summed E-state index contributed by atoms with van der Waals surface area (Å²) in [6, 6.07) is 1.84. The van der Waals surface area contributed by atoms with Gasteiger partial charge in [-0.25, -0.2) is 0 Å². The SMILES string of the molecule is CCCCC(CC)c1cc(N)no1. The maximum Gasteiger partial charge on any atom is 0.167 e. The van der Waals surface area contributed by atoms with Crippen LogP contribution in [0.3, 0.4) is 0 Å². The smallest absolute Gasteiger partial charge is 0.167 e. The molecule has 0 amide bonds. The molecule has 74 valence electrons. The summed E-state index contributed by atoms with van der Waals surface area (Å²) < 4.78 is 5.14. The highest BCUT2D eigenvalue weighted by atomic mass is 16.5. The molecule has 0 radical (unpaired) electrons. The van der Waals surface area contributed by atoms with Gasteiger partial charge in [-0.1, -0.05) is 31.8 Å². The lowest BCUT2D eigenvalue weighted by atomic mass is 9.97. The van der Waals surface area contributed by atoms with E-state index in [1.54, 1.807) is 0 Å². The number of hydrogen-bond acceptors (Lipinski definition) is 3. The first kappa shape index (κ1) is 10.1. The largest absolute Gasteiger partial charge is 0.381 e. The second-order valence-corrected chi connectivity index (χ2v) is 3.40. The van der Waals surface area contributed by atoms with Gasteiger partial charge in [0.2, 0.25) is 0 Å². The molecule has 1 aromatic heterocycles. The van der Waals surface area contributed by atoms with Crippen LogP contribution in [0.25, 0.3) is 0 Å². The Labute approximate surface area is 79.3 Å². The van der Waals surface area contributed by atoms with Crippen molar-refractivity contribution in [1.82, 2.24) is 5.16 Å². The lowest BCUT2D eigenvalue weighted by Gasteiger charge is -2.09. The van der Waals surface area contributed by atoms with Crippen LogP contribution >= 0.6 is 0 Å². The number of rotatable bonds is 5. The molecule has 0 aliphatic carbocycles. The molecule has 0 spiro atoms. The van der Waals surface area contributed by atoms with Crippen LogP contribution in [0.1, 0.15) is 51.2 Å². The monoisotopic (exact) mass is 182 g/mol. The van der Waals surface area contributed by atoms with Gasteiger partial charge in [-0.3, -0.25) is 0 Å². The van der Waals surface area contributed by atoms with Crippen molar-refractivity contribution in [3.8, 4) is 0 Å². The van der Waals surface area contributed by atoms with Crippen molar-refractivity contribution in [2.24, 2.45) is 0 Å². The Morgan fingerprint density at radius 1 is 1.54 bits per heavy atom. The van der Waals surface area contributed by atoms with E-state index in [2.05, 4.69) is 19.0 Å². The molecule has 0 aliphatic heterocycles. The van der Waals surface area contributed by atoms with Crippen molar-refractivity contribution in [3.63, 3.8) is 0 Å². The quantitative estimate of drug-likeness (QED) is 0.761. The van der Waals surface area contributed by atoms with E-state index in [4.69, 9.17) is 10.3 Å². The van der Waals surface area contributed by atoms with Crippen molar-refractivity contribution in [1.29, 1.82) is 0 Å². The number of hydrogen-bond donors (Lipinski definition) is 1. The van der Waals surface area contributed by atoms with Crippen LogP contribution in [0.15, 0.2) is 10.6 Å². The summed E-state index contributed by atoms with van der Waals surface area (Å²) in [4.78, 5) is 0. The van der Waals surface area contributed by atoms with E-state index < -0.39 is 0 Å². The van der Waals surface area contributed by atoms with Gasteiger partial charge in [0.1, 0.15) is 5.76 Å². The second-order valence-electron chi connectivity index (χ2n) is 3.40. The molecule has 3 nitrogen and oxygen atoms in total. The van der Waals surface area contributed by atoms with E-state index in [0.29, 0.717) is 11.7 Å².